The number of amides is 1. The van der Waals surface area contributed by atoms with E-state index in [1.807, 2.05) is 0 Å². The molecule has 0 spiro atoms. The number of methoxy groups -OCH3 is 1. The van der Waals surface area contributed by atoms with Crippen molar-refractivity contribution < 1.29 is 23.9 Å². The van der Waals surface area contributed by atoms with Gasteiger partial charge < -0.3 is 14.8 Å². The molecule has 120 valence electrons. The number of ether oxygens (including phenoxy) is 2. The highest BCUT2D eigenvalue weighted by molar-refractivity contribution is 6.01. The smallest absolute Gasteiger partial charge is 0.337 e. The molecule has 1 aromatic rings. The van der Waals surface area contributed by atoms with Gasteiger partial charge in [-0.25, -0.2) is 4.79 Å². The van der Waals surface area contributed by atoms with Gasteiger partial charge in [0.2, 0.25) is 5.91 Å². The van der Waals surface area contributed by atoms with E-state index >= 15 is 0 Å². The van der Waals surface area contributed by atoms with E-state index in [1.165, 1.54) is 21.0 Å². The fraction of sp³-hybridized carbons (Fsp3) is 0.438. The van der Waals surface area contributed by atoms with Crippen molar-refractivity contribution in [2.75, 3.05) is 13.7 Å². The maximum absolute atomic E-state index is 12.1. The summed E-state index contributed by atoms with van der Waals surface area (Å²) in [5.74, 6) is -1.39. The normalized spacial score (nSPS) is 10.7. The number of hydrogen-bond donors (Lipinski definition) is 1. The minimum absolute atomic E-state index is 0.227. The number of esters is 2. The van der Waals surface area contributed by atoms with Crippen LogP contribution < -0.4 is 5.32 Å². The molecular weight excluding hydrogens is 286 g/mol. The fourth-order valence-electron chi connectivity index (χ4n) is 1.68. The SMILES string of the molecule is CCOC(=O)C(C)(C)C(=O)NCc1ccc(C(=O)OC)cc1. The molecule has 0 aliphatic heterocycles. The summed E-state index contributed by atoms with van der Waals surface area (Å²) in [6.45, 7) is 5.20. The molecule has 0 radical (unpaired) electrons. The third-order valence-electron chi connectivity index (χ3n) is 3.18. The molecule has 0 heterocycles. The molecule has 6 nitrogen and oxygen atoms in total. The number of rotatable bonds is 6. The first-order valence-corrected chi connectivity index (χ1v) is 6.95. The topological polar surface area (TPSA) is 81.7 Å². The maximum atomic E-state index is 12.1. The van der Waals surface area contributed by atoms with Crippen LogP contribution in [-0.2, 0) is 25.6 Å². The summed E-state index contributed by atoms with van der Waals surface area (Å²) in [6.07, 6.45) is 0. The molecule has 0 saturated heterocycles. The van der Waals surface area contributed by atoms with Gasteiger partial charge >= 0.3 is 11.9 Å². The Hall–Kier alpha value is -2.37. The van der Waals surface area contributed by atoms with Gasteiger partial charge in [0.25, 0.3) is 0 Å². The molecule has 1 rings (SSSR count). The maximum Gasteiger partial charge on any atom is 0.337 e. The van der Waals surface area contributed by atoms with E-state index in [0.29, 0.717) is 5.56 Å². The largest absolute Gasteiger partial charge is 0.465 e. The van der Waals surface area contributed by atoms with E-state index in [-0.39, 0.29) is 13.2 Å². The molecule has 0 saturated carbocycles. The van der Waals surface area contributed by atoms with Crippen molar-refractivity contribution in [3.8, 4) is 0 Å². The molecule has 1 N–H and O–H groups in total. The van der Waals surface area contributed by atoms with Crippen molar-refractivity contribution in [3.05, 3.63) is 35.4 Å². The number of hydrogen-bond acceptors (Lipinski definition) is 5. The highest BCUT2D eigenvalue weighted by atomic mass is 16.5. The lowest BCUT2D eigenvalue weighted by Crippen LogP contribution is -2.43. The lowest BCUT2D eigenvalue weighted by molar-refractivity contribution is -0.158. The second-order valence-corrected chi connectivity index (χ2v) is 5.22. The van der Waals surface area contributed by atoms with Crippen LogP contribution in [0.2, 0.25) is 0 Å². The van der Waals surface area contributed by atoms with Crippen LogP contribution in [0.4, 0.5) is 0 Å². The standard InChI is InChI=1S/C16H21NO5/c1-5-22-15(20)16(2,3)14(19)17-10-11-6-8-12(9-7-11)13(18)21-4/h6-9H,5,10H2,1-4H3,(H,17,19). The molecule has 0 bridgehead atoms. The Morgan fingerprint density at radius 2 is 1.73 bits per heavy atom. The molecule has 1 aromatic carbocycles. The quantitative estimate of drug-likeness (QED) is 0.639. The first kappa shape index (κ1) is 17.7. The Balaban J connectivity index is 2.64. The van der Waals surface area contributed by atoms with Crippen LogP contribution in [0.25, 0.3) is 0 Å². The monoisotopic (exact) mass is 307 g/mol. The molecule has 0 fully saturated rings. The Morgan fingerprint density at radius 1 is 1.14 bits per heavy atom. The van der Waals surface area contributed by atoms with E-state index in [9.17, 15) is 14.4 Å². The fourth-order valence-corrected chi connectivity index (χ4v) is 1.68. The van der Waals surface area contributed by atoms with Gasteiger partial charge in [0.1, 0.15) is 5.41 Å². The van der Waals surface area contributed by atoms with E-state index in [0.717, 1.165) is 5.56 Å². The van der Waals surface area contributed by atoms with Crippen molar-refractivity contribution in [1.82, 2.24) is 5.32 Å². The zero-order chi connectivity index (χ0) is 16.8. The van der Waals surface area contributed by atoms with Gasteiger partial charge in [0.15, 0.2) is 0 Å². The number of carbonyl (C=O) groups excluding carboxylic acids is 3. The summed E-state index contributed by atoms with van der Waals surface area (Å²) in [4.78, 5) is 35.1. The van der Waals surface area contributed by atoms with E-state index in [2.05, 4.69) is 10.1 Å². The van der Waals surface area contributed by atoms with Crippen molar-refractivity contribution in [3.63, 3.8) is 0 Å². The van der Waals surface area contributed by atoms with Gasteiger partial charge in [-0.05, 0) is 38.5 Å². The van der Waals surface area contributed by atoms with Crippen molar-refractivity contribution in [2.45, 2.75) is 27.3 Å². The number of benzene rings is 1. The van der Waals surface area contributed by atoms with E-state index in [1.54, 1.807) is 31.2 Å². The van der Waals surface area contributed by atoms with Crippen LogP contribution in [0.1, 0.15) is 36.7 Å². The van der Waals surface area contributed by atoms with Gasteiger partial charge in [0.05, 0.1) is 19.3 Å². The predicted octanol–water partition coefficient (Wildman–Crippen LogP) is 1.68. The molecule has 1 amide bonds. The summed E-state index contributed by atoms with van der Waals surface area (Å²) >= 11 is 0. The summed E-state index contributed by atoms with van der Waals surface area (Å²) in [6, 6.07) is 6.65. The Morgan fingerprint density at radius 3 is 2.23 bits per heavy atom. The van der Waals surface area contributed by atoms with Crippen LogP contribution in [0, 0.1) is 5.41 Å². The highest BCUT2D eigenvalue weighted by Crippen LogP contribution is 2.18. The van der Waals surface area contributed by atoms with Gasteiger partial charge in [0, 0.05) is 6.54 Å². The highest BCUT2D eigenvalue weighted by Gasteiger charge is 2.37. The summed E-state index contributed by atoms with van der Waals surface area (Å²) in [7, 11) is 1.31. The Bertz CT molecular complexity index is 548. The summed E-state index contributed by atoms with van der Waals surface area (Å²) < 4.78 is 9.49. The van der Waals surface area contributed by atoms with Gasteiger partial charge in [-0.1, -0.05) is 12.1 Å². The van der Waals surface area contributed by atoms with Crippen LogP contribution in [0.5, 0.6) is 0 Å². The second-order valence-electron chi connectivity index (χ2n) is 5.22. The van der Waals surface area contributed by atoms with Crippen LogP contribution in [0.3, 0.4) is 0 Å². The molecule has 0 aromatic heterocycles. The minimum atomic E-state index is -1.25. The Labute approximate surface area is 129 Å². The average molecular weight is 307 g/mol. The van der Waals surface area contributed by atoms with Crippen LogP contribution >= 0.6 is 0 Å². The van der Waals surface area contributed by atoms with Crippen LogP contribution in [-0.4, -0.2) is 31.6 Å². The Kier molecular flexibility index (Phi) is 6.10. The van der Waals surface area contributed by atoms with Crippen molar-refractivity contribution in [1.29, 1.82) is 0 Å². The zero-order valence-corrected chi connectivity index (χ0v) is 13.3. The molecule has 22 heavy (non-hydrogen) atoms. The predicted molar refractivity (Wildman–Crippen MR) is 80.0 cm³/mol. The molecule has 0 aliphatic carbocycles. The third kappa shape index (κ3) is 4.31. The minimum Gasteiger partial charge on any atom is -0.465 e. The average Bonchev–Trinajstić information content (AvgIpc) is 2.52. The lowest BCUT2D eigenvalue weighted by atomic mass is 9.92. The van der Waals surface area contributed by atoms with Crippen molar-refractivity contribution in [2.24, 2.45) is 5.41 Å². The second kappa shape index (κ2) is 7.59. The summed E-state index contributed by atoms with van der Waals surface area (Å²) in [5.41, 5.74) is -0.00722. The van der Waals surface area contributed by atoms with Crippen LogP contribution in [0.15, 0.2) is 24.3 Å². The zero-order valence-electron chi connectivity index (χ0n) is 13.3. The van der Waals surface area contributed by atoms with Gasteiger partial charge in [-0.3, -0.25) is 9.59 Å². The van der Waals surface area contributed by atoms with E-state index < -0.39 is 23.3 Å². The first-order chi connectivity index (χ1) is 10.3. The van der Waals surface area contributed by atoms with Gasteiger partial charge in [-0.15, -0.1) is 0 Å². The number of carbonyl (C=O) groups is 3. The number of nitrogens with one attached hydrogen (secondary N) is 1. The molecule has 6 heteroatoms. The third-order valence-corrected chi connectivity index (χ3v) is 3.18. The summed E-state index contributed by atoms with van der Waals surface area (Å²) in [5, 5.41) is 2.69. The lowest BCUT2D eigenvalue weighted by Gasteiger charge is -2.21. The molecule has 0 unspecified atom stereocenters. The molecule has 0 atom stereocenters. The van der Waals surface area contributed by atoms with Crippen molar-refractivity contribution >= 4 is 17.8 Å². The molecular formula is C16H21NO5. The van der Waals surface area contributed by atoms with E-state index in [4.69, 9.17) is 4.74 Å². The van der Waals surface area contributed by atoms with Gasteiger partial charge in [-0.2, -0.15) is 0 Å². The first-order valence-electron chi connectivity index (χ1n) is 6.95. The molecule has 0 aliphatic rings.